The van der Waals surface area contributed by atoms with Gasteiger partial charge in [-0.15, -0.1) is 6.58 Å². The lowest BCUT2D eigenvalue weighted by atomic mass is 9.85. The molecule has 4 heteroatoms. The van der Waals surface area contributed by atoms with E-state index in [1.807, 2.05) is 6.08 Å². The number of aliphatic carboxylic acids is 1. The molecule has 0 amide bonds. The van der Waals surface area contributed by atoms with E-state index in [0.29, 0.717) is 5.92 Å². The molecule has 0 aromatic carbocycles. The van der Waals surface area contributed by atoms with Crippen molar-refractivity contribution in [2.75, 3.05) is 0 Å². The first-order valence-corrected chi connectivity index (χ1v) is 7.55. The van der Waals surface area contributed by atoms with E-state index in [1.165, 1.54) is 12.8 Å². The third-order valence-corrected chi connectivity index (χ3v) is 3.39. The summed E-state index contributed by atoms with van der Waals surface area (Å²) in [5.74, 6) is -1.11. The van der Waals surface area contributed by atoms with E-state index in [0.717, 1.165) is 32.1 Å². The maximum Gasteiger partial charge on any atom is 0.317 e. The van der Waals surface area contributed by atoms with Crippen molar-refractivity contribution in [3.05, 3.63) is 12.7 Å². The summed E-state index contributed by atoms with van der Waals surface area (Å²) in [6, 6.07) is 0. The molecule has 20 heavy (non-hydrogen) atoms. The van der Waals surface area contributed by atoms with Crippen molar-refractivity contribution in [1.29, 1.82) is 0 Å². The Balaban J connectivity index is 0.000000796. The van der Waals surface area contributed by atoms with Crippen LogP contribution in [-0.2, 0) is 14.3 Å². The SMILES string of the molecule is C=CCC1CCC(OC(=O)CC(=O)O)CC1.CCCC. The second kappa shape index (κ2) is 11.5. The predicted octanol–water partition coefficient (Wildman–Crippen LogP) is 3.95. The topological polar surface area (TPSA) is 63.6 Å². The highest BCUT2D eigenvalue weighted by atomic mass is 16.5. The van der Waals surface area contributed by atoms with Crippen LogP contribution >= 0.6 is 0 Å². The lowest BCUT2D eigenvalue weighted by Crippen LogP contribution is -2.25. The third-order valence-electron chi connectivity index (χ3n) is 3.39. The van der Waals surface area contributed by atoms with E-state index in [-0.39, 0.29) is 6.10 Å². The van der Waals surface area contributed by atoms with Gasteiger partial charge in [0.15, 0.2) is 0 Å². The number of allylic oxidation sites excluding steroid dienone is 1. The van der Waals surface area contributed by atoms with Gasteiger partial charge in [-0.05, 0) is 38.0 Å². The lowest BCUT2D eigenvalue weighted by Gasteiger charge is -2.27. The number of carbonyl (C=O) groups excluding carboxylic acids is 1. The Morgan fingerprint density at radius 3 is 2.15 bits per heavy atom. The van der Waals surface area contributed by atoms with Crippen LogP contribution in [0.5, 0.6) is 0 Å². The summed E-state index contributed by atoms with van der Waals surface area (Å²) in [4.78, 5) is 21.4. The zero-order valence-electron chi connectivity index (χ0n) is 12.8. The Hall–Kier alpha value is -1.32. The molecule has 0 aliphatic heterocycles. The molecule has 0 saturated heterocycles. The number of hydrogen-bond acceptors (Lipinski definition) is 3. The molecular formula is C16H28O4. The van der Waals surface area contributed by atoms with Crippen LogP contribution in [0, 0.1) is 5.92 Å². The fraction of sp³-hybridized carbons (Fsp3) is 0.750. The van der Waals surface area contributed by atoms with Gasteiger partial charge in [0.2, 0.25) is 0 Å². The number of carboxylic acid groups (broad SMARTS) is 1. The molecule has 0 heterocycles. The fourth-order valence-corrected chi connectivity index (χ4v) is 2.07. The molecular weight excluding hydrogens is 256 g/mol. The van der Waals surface area contributed by atoms with Crippen LogP contribution in [-0.4, -0.2) is 23.1 Å². The zero-order valence-corrected chi connectivity index (χ0v) is 12.8. The van der Waals surface area contributed by atoms with E-state index in [2.05, 4.69) is 20.4 Å². The van der Waals surface area contributed by atoms with Crippen LogP contribution in [0.4, 0.5) is 0 Å². The number of rotatable bonds is 6. The minimum Gasteiger partial charge on any atom is -0.481 e. The smallest absolute Gasteiger partial charge is 0.317 e. The van der Waals surface area contributed by atoms with Crippen molar-refractivity contribution in [3.8, 4) is 0 Å². The van der Waals surface area contributed by atoms with Crippen LogP contribution in [0.2, 0.25) is 0 Å². The number of ether oxygens (including phenoxy) is 1. The molecule has 1 aliphatic carbocycles. The summed E-state index contributed by atoms with van der Waals surface area (Å²) < 4.78 is 5.08. The largest absolute Gasteiger partial charge is 0.481 e. The molecule has 1 rings (SSSR count). The summed E-state index contributed by atoms with van der Waals surface area (Å²) >= 11 is 0. The van der Waals surface area contributed by atoms with E-state index in [1.54, 1.807) is 0 Å². The number of carboxylic acids is 1. The molecule has 0 radical (unpaired) electrons. The molecule has 1 saturated carbocycles. The van der Waals surface area contributed by atoms with Crippen LogP contribution in [0.25, 0.3) is 0 Å². The maximum absolute atomic E-state index is 11.1. The van der Waals surface area contributed by atoms with Gasteiger partial charge in [0.1, 0.15) is 12.5 Å². The summed E-state index contributed by atoms with van der Waals surface area (Å²) in [7, 11) is 0. The minimum absolute atomic E-state index is 0.0899. The van der Waals surface area contributed by atoms with Crippen LogP contribution < -0.4 is 0 Å². The van der Waals surface area contributed by atoms with Crippen LogP contribution in [0.3, 0.4) is 0 Å². The molecule has 1 aliphatic rings. The second-order valence-corrected chi connectivity index (χ2v) is 5.23. The molecule has 0 bridgehead atoms. The van der Waals surface area contributed by atoms with E-state index >= 15 is 0 Å². The molecule has 1 N–H and O–H groups in total. The quantitative estimate of drug-likeness (QED) is 0.456. The van der Waals surface area contributed by atoms with E-state index in [9.17, 15) is 9.59 Å². The average Bonchev–Trinajstić information content (AvgIpc) is 2.40. The summed E-state index contributed by atoms with van der Waals surface area (Å²) in [5.41, 5.74) is 0. The molecule has 0 aromatic heterocycles. The third kappa shape index (κ3) is 9.59. The van der Waals surface area contributed by atoms with E-state index in [4.69, 9.17) is 9.84 Å². The standard InChI is InChI=1S/C12H18O4.C4H10/c1-2-3-9-4-6-10(7-5-9)16-12(15)8-11(13)14;1-3-4-2/h2,9-10H,1,3-8H2,(H,13,14);3-4H2,1-2H3. The Bertz CT molecular complexity index is 289. The minimum atomic E-state index is -1.13. The van der Waals surface area contributed by atoms with Gasteiger partial charge < -0.3 is 9.84 Å². The first-order chi connectivity index (χ1) is 9.53. The van der Waals surface area contributed by atoms with Gasteiger partial charge in [0.05, 0.1) is 0 Å². The van der Waals surface area contributed by atoms with Crippen molar-refractivity contribution >= 4 is 11.9 Å². The number of unbranched alkanes of at least 4 members (excludes halogenated alkanes) is 1. The summed E-state index contributed by atoms with van der Waals surface area (Å²) in [6.45, 7) is 8.07. The molecule has 1 fully saturated rings. The Morgan fingerprint density at radius 1 is 1.20 bits per heavy atom. The van der Waals surface area contributed by atoms with Gasteiger partial charge in [-0.3, -0.25) is 9.59 Å². The Labute approximate surface area is 122 Å². The van der Waals surface area contributed by atoms with Gasteiger partial charge in [0.25, 0.3) is 0 Å². The second-order valence-electron chi connectivity index (χ2n) is 5.23. The van der Waals surface area contributed by atoms with Crippen molar-refractivity contribution < 1.29 is 19.4 Å². The molecule has 0 atom stereocenters. The highest BCUT2D eigenvalue weighted by Gasteiger charge is 2.23. The summed E-state index contributed by atoms with van der Waals surface area (Å²) in [6.07, 6.45) is 8.67. The molecule has 0 aromatic rings. The Kier molecular flexibility index (Phi) is 10.7. The van der Waals surface area contributed by atoms with Crippen molar-refractivity contribution in [1.82, 2.24) is 0 Å². The van der Waals surface area contributed by atoms with Crippen molar-refractivity contribution in [2.24, 2.45) is 5.92 Å². The molecule has 0 unspecified atom stereocenters. The summed E-state index contributed by atoms with van der Waals surface area (Å²) in [5, 5.41) is 8.41. The molecule has 116 valence electrons. The zero-order chi connectivity index (χ0) is 15.4. The highest BCUT2D eigenvalue weighted by Crippen LogP contribution is 2.28. The first kappa shape index (κ1) is 18.7. The lowest BCUT2D eigenvalue weighted by molar-refractivity contribution is -0.156. The maximum atomic E-state index is 11.1. The average molecular weight is 284 g/mol. The normalized spacial score (nSPS) is 21.3. The van der Waals surface area contributed by atoms with Crippen molar-refractivity contribution in [2.45, 2.75) is 71.3 Å². The van der Waals surface area contributed by atoms with Gasteiger partial charge >= 0.3 is 11.9 Å². The van der Waals surface area contributed by atoms with Gasteiger partial charge in [-0.1, -0.05) is 32.8 Å². The predicted molar refractivity (Wildman–Crippen MR) is 79.5 cm³/mol. The number of carbonyl (C=O) groups is 2. The van der Waals surface area contributed by atoms with Crippen LogP contribution in [0.15, 0.2) is 12.7 Å². The fourth-order valence-electron chi connectivity index (χ4n) is 2.07. The number of hydrogen-bond donors (Lipinski definition) is 1. The van der Waals surface area contributed by atoms with E-state index < -0.39 is 18.4 Å². The van der Waals surface area contributed by atoms with Gasteiger partial charge in [0, 0.05) is 0 Å². The van der Waals surface area contributed by atoms with Gasteiger partial charge in [-0.2, -0.15) is 0 Å². The first-order valence-electron chi connectivity index (χ1n) is 7.55. The monoisotopic (exact) mass is 284 g/mol. The Morgan fingerprint density at radius 2 is 1.75 bits per heavy atom. The van der Waals surface area contributed by atoms with Crippen LogP contribution in [0.1, 0.15) is 65.2 Å². The van der Waals surface area contributed by atoms with Gasteiger partial charge in [-0.25, -0.2) is 0 Å². The number of esters is 1. The molecule has 4 nitrogen and oxygen atoms in total. The molecule has 0 spiro atoms. The van der Waals surface area contributed by atoms with Crippen molar-refractivity contribution in [3.63, 3.8) is 0 Å². The highest BCUT2D eigenvalue weighted by molar-refractivity contribution is 5.90.